The molecule has 3 aromatic carbocycles. The first-order valence-electron chi connectivity index (χ1n) is 9.19. The fourth-order valence-electron chi connectivity index (χ4n) is 2.99. The van der Waals surface area contributed by atoms with Crippen LogP contribution in [0.2, 0.25) is 0 Å². The Labute approximate surface area is 168 Å². The molecule has 0 aliphatic rings. The van der Waals surface area contributed by atoms with Gasteiger partial charge in [0.05, 0.1) is 7.11 Å². The van der Waals surface area contributed by atoms with Crippen LogP contribution in [0.3, 0.4) is 0 Å². The maximum atomic E-state index is 13.6. The van der Waals surface area contributed by atoms with E-state index in [1.54, 1.807) is 38.3 Å². The zero-order valence-electron chi connectivity index (χ0n) is 16.2. The van der Waals surface area contributed by atoms with Gasteiger partial charge in [0.1, 0.15) is 11.8 Å². The first-order chi connectivity index (χ1) is 14.0. The molecule has 3 rings (SSSR count). The highest BCUT2D eigenvalue weighted by atomic mass is 19.2. The summed E-state index contributed by atoms with van der Waals surface area (Å²) >= 11 is 0. The molecule has 0 saturated carbocycles. The average Bonchev–Trinajstić information content (AvgIpc) is 2.74. The molecule has 3 aromatic rings. The maximum absolute atomic E-state index is 13.6. The van der Waals surface area contributed by atoms with E-state index in [9.17, 15) is 13.6 Å². The van der Waals surface area contributed by atoms with Gasteiger partial charge in [0.15, 0.2) is 11.6 Å². The molecule has 150 valence electrons. The van der Waals surface area contributed by atoms with Gasteiger partial charge in [-0.05, 0) is 54.4 Å². The summed E-state index contributed by atoms with van der Waals surface area (Å²) in [6, 6.07) is 18.9. The molecule has 0 aliphatic carbocycles. The van der Waals surface area contributed by atoms with Crippen molar-refractivity contribution in [1.82, 2.24) is 5.32 Å². The van der Waals surface area contributed by atoms with Crippen LogP contribution in [-0.4, -0.2) is 13.0 Å². The van der Waals surface area contributed by atoms with Gasteiger partial charge in [0.2, 0.25) is 5.91 Å². The molecule has 29 heavy (non-hydrogen) atoms. The second-order valence-corrected chi connectivity index (χ2v) is 6.62. The van der Waals surface area contributed by atoms with Crippen LogP contribution in [0.15, 0.2) is 72.8 Å². The molecule has 0 radical (unpaired) electrons. The van der Waals surface area contributed by atoms with Crippen molar-refractivity contribution in [3.63, 3.8) is 0 Å². The van der Waals surface area contributed by atoms with E-state index in [1.165, 1.54) is 6.07 Å². The molecule has 2 N–H and O–H groups in total. The SMILES string of the molecule is COc1ccc(NC(=O)C(NC(C)c2ccc(F)c(F)c2)c2ccccc2)cc1. The molecule has 0 saturated heterocycles. The minimum absolute atomic E-state index is 0.268. The topological polar surface area (TPSA) is 50.4 Å². The second kappa shape index (κ2) is 9.30. The van der Waals surface area contributed by atoms with Crippen LogP contribution in [0.5, 0.6) is 5.75 Å². The molecule has 2 unspecified atom stereocenters. The molecule has 0 fully saturated rings. The lowest BCUT2D eigenvalue weighted by atomic mass is 10.0. The minimum Gasteiger partial charge on any atom is -0.497 e. The number of carbonyl (C=O) groups is 1. The monoisotopic (exact) mass is 396 g/mol. The zero-order valence-corrected chi connectivity index (χ0v) is 16.2. The first-order valence-corrected chi connectivity index (χ1v) is 9.19. The van der Waals surface area contributed by atoms with E-state index in [4.69, 9.17) is 4.74 Å². The number of methoxy groups -OCH3 is 1. The van der Waals surface area contributed by atoms with Crippen LogP contribution in [-0.2, 0) is 4.79 Å². The standard InChI is InChI=1S/C23H22F2N2O2/c1-15(17-8-13-20(24)21(25)14-17)26-22(16-6-4-3-5-7-16)23(28)27-18-9-11-19(29-2)12-10-18/h3-15,22,26H,1-2H3,(H,27,28). The van der Waals surface area contributed by atoms with Gasteiger partial charge in [-0.2, -0.15) is 0 Å². The van der Waals surface area contributed by atoms with Gasteiger partial charge < -0.3 is 10.1 Å². The molecule has 0 aromatic heterocycles. The molecular weight excluding hydrogens is 374 g/mol. The Bertz CT molecular complexity index is 962. The molecule has 0 aliphatic heterocycles. The van der Waals surface area contributed by atoms with Gasteiger partial charge in [-0.25, -0.2) is 8.78 Å². The quantitative estimate of drug-likeness (QED) is 0.591. The number of anilines is 1. The van der Waals surface area contributed by atoms with Crippen LogP contribution in [0, 0.1) is 11.6 Å². The number of nitrogens with one attached hydrogen (secondary N) is 2. The van der Waals surface area contributed by atoms with Crippen LogP contribution >= 0.6 is 0 Å². The van der Waals surface area contributed by atoms with Crippen molar-refractivity contribution in [2.24, 2.45) is 0 Å². The first kappa shape index (κ1) is 20.5. The van der Waals surface area contributed by atoms with Crippen LogP contribution in [0.25, 0.3) is 0 Å². The smallest absolute Gasteiger partial charge is 0.246 e. The van der Waals surface area contributed by atoms with E-state index < -0.39 is 23.7 Å². The minimum atomic E-state index is -0.921. The average molecular weight is 396 g/mol. The summed E-state index contributed by atoms with van der Waals surface area (Å²) in [5, 5.41) is 6.09. The molecule has 0 heterocycles. The molecule has 4 nitrogen and oxygen atoms in total. The van der Waals surface area contributed by atoms with E-state index in [-0.39, 0.29) is 5.91 Å². The summed E-state index contributed by atoms with van der Waals surface area (Å²) in [7, 11) is 1.57. The van der Waals surface area contributed by atoms with Gasteiger partial charge >= 0.3 is 0 Å². The lowest BCUT2D eigenvalue weighted by Crippen LogP contribution is -2.34. The van der Waals surface area contributed by atoms with Crippen molar-refractivity contribution in [1.29, 1.82) is 0 Å². The van der Waals surface area contributed by atoms with Gasteiger partial charge in [0, 0.05) is 11.7 Å². The zero-order chi connectivity index (χ0) is 20.8. The van der Waals surface area contributed by atoms with Crippen molar-refractivity contribution in [3.05, 3.63) is 95.6 Å². The third-order valence-electron chi connectivity index (χ3n) is 4.61. The number of halogens is 2. The maximum Gasteiger partial charge on any atom is 0.246 e. The van der Waals surface area contributed by atoms with E-state index in [2.05, 4.69) is 10.6 Å². The van der Waals surface area contributed by atoms with Crippen LogP contribution in [0.1, 0.15) is 30.1 Å². The fourth-order valence-corrected chi connectivity index (χ4v) is 2.99. The lowest BCUT2D eigenvalue weighted by Gasteiger charge is -2.24. The number of carbonyl (C=O) groups excluding carboxylic acids is 1. The molecule has 1 amide bonds. The number of hydrogen-bond donors (Lipinski definition) is 2. The summed E-state index contributed by atoms with van der Waals surface area (Å²) in [5.41, 5.74) is 1.93. The van der Waals surface area contributed by atoms with E-state index >= 15 is 0 Å². The van der Waals surface area contributed by atoms with Gasteiger partial charge in [0.25, 0.3) is 0 Å². The third kappa shape index (κ3) is 5.18. The Balaban J connectivity index is 1.82. The molecule has 6 heteroatoms. The van der Waals surface area contributed by atoms with E-state index in [0.29, 0.717) is 17.0 Å². The summed E-state index contributed by atoms with van der Waals surface area (Å²) in [6.07, 6.45) is 0. The van der Waals surface area contributed by atoms with Crippen LogP contribution in [0.4, 0.5) is 14.5 Å². The van der Waals surface area contributed by atoms with Gasteiger partial charge in [-0.3, -0.25) is 10.1 Å². The normalized spacial score (nSPS) is 12.8. The summed E-state index contributed by atoms with van der Waals surface area (Å²) in [4.78, 5) is 13.0. The van der Waals surface area contributed by atoms with Gasteiger partial charge in [-0.1, -0.05) is 36.4 Å². The predicted octanol–water partition coefficient (Wildman–Crippen LogP) is 5.00. The molecular formula is C23H22F2N2O2. The summed E-state index contributed by atoms with van der Waals surface area (Å²) in [6.45, 7) is 1.79. The third-order valence-corrected chi connectivity index (χ3v) is 4.61. The van der Waals surface area contributed by atoms with Crippen LogP contribution < -0.4 is 15.4 Å². The van der Waals surface area contributed by atoms with E-state index in [0.717, 1.165) is 17.7 Å². The lowest BCUT2D eigenvalue weighted by molar-refractivity contribution is -0.118. The highest BCUT2D eigenvalue weighted by Crippen LogP contribution is 2.23. The number of benzene rings is 3. The summed E-state index contributed by atoms with van der Waals surface area (Å²) < 4.78 is 32.0. The van der Waals surface area contributed by atoms with E-state index in [1.807, 2.05) is 30.3 Å². The molecule has 0 bridgehead atoms. The Morgan fingerprint density at radius 3 is 2.21 bits per heavy atom. The van der Waals surface area contributed by atoms with Crippen molar-refractivity contribution in [2.75, 3.05) is 12.4 Å². The number of ether oxygens (including phenoxy) is 1. The molecule has 0 spiro atoms. The largest absolute Gasteiger partial charge is 0.497 e. The Morgan fingerprint density at radius 1 is 0.897 bits per heavy atom. The number of hydrogen-bond acceptors (Lipinski definition) is 3. The predicted molar refractivity (Wildman–Crippen MR) is 109 cm³/mol. The second-order valence-electron chi connectivity index (χ2n) is 6.62. The van der Waals surface area contributed by atoms with Crippen molar-refractivity contribution < 1.29 is 18.3 Å². The molecule has 2 atom stereocenters. The van der Waals surface area contributed by atoms with Gasteiger partial charge in [-0.15, -0.1) is 0 Å². The van der Waals surface area contributed by atoms with Crippen molar-refractivity contribution in [2.45, 2.75) is 19.0 Å². The summed E-state index contributed by atoms with van der Waals surface area (Å²) in [5.74, 6) is -1.41. The Hall–Kier alpha value is -3.25. The Morgan fingerprint density at radius 2 is 1.59 bits per heavy atom. The fraction of sp³-hybridized carbons (Fsp3) is 0.174. The Kier molecular flexibility index (Phi) is 6.57. The van der Waals surface area contributed by atoms with Crippen molar-refractivity contribution in [3.8, 4) is 5.75 Å². The number of amides is 1. The highest BCUT2D eigenvalue weighted by molar-refractivity contribution is 5.95. The van der Waals surface area contributed by atoms with Crippen molar-refractivity contribution >= 4 is 11.6 Å². The highest BCUT2D eigenvalue weighted by Gasteiger charge is 2.23. The number of rotatable bonds is 7.